The van der Waals surface area contributed by atoms with Crippen molar-refractivity contribution in [3.63, 3.8) is 0 Å². The van der Waals surface area contributed by atoms with Gasteiger partial charge < -0.3 is 24.8 Å². The summed E-state index contributed by atoms with van der Waals surface area (Å²) in [5, 5.41) is 11.8. The number of carboxylic acid groups (broad SMARTS) is 1. The molecule has 0 bridgehead atoms. The first-order chi connectivity index (χ1) is 16.6. The second-order valence-corrected chi connectivity index (χ2v) is 9.88. The van der Waals surface area contributed by atoms with Gasteiger partial charge in [-0.25, -0.2) is 4.79 Å². The normalized spacial score (nSPS) is 18.9. The van der Waals surface area contributed by atoms with E-state index in [2.05, 4.69) is 5.32 Å². The Kier molecular flexibility index (Phi) is 7.12. The van der Waals surface area contributed by atoms with Crippen LogP contribution in [0.15, 0.2) is 48.5 Å². The topological polar surface area (TPSA) is 105 Å². The van der Waals surface area contributed by atoms with Gasteiger partial charge in [0.2, 0.25) is 5.91 Å². The molecule has 2 aromatic carbocycles. The molecule has 0 radical (unpaired) electrons. The van der Waals surface area contributed by atoms with Crippen molar-refractivity contribution in [1.29, 1.82) is 0 Å². The van der Waals surface area contributed by atoms with Gasteiger partial charge in [0.1, 0.15) is 12.6 Å². The fourth-order valence-corrected chi connectivity index (χ4v) is 5.02. The predicted molar refractivity (Wildman–Crippen MR) is 130 cm³/mol. The zero-order chi connectivity index (χ0) is 25.2. The van der Waals surface area contributed by atoms with Crippen LogP contribution in [0.5, 0.6) is 0 Å². The molecule has 2 aliphatic rings. The number of carbonyl (C=O) groups excluding carboxylic acids is 2. The van der Waals surface area contributed by atoms with E-state index in [9.17, 15) is 19.5 Å². The summed E-state index contributed by atoms with van der Waals surface area (Å²) in [5.41, 5.74) is 4.11. The molecule has 0 spiro atoms. The van der Waals surface area contributed by atoms with Crippen LogP contribution in [-0.4, -0.2) is 65.9 Å². The van der Waals surface area contributed by atoms with Crippen molar-refractivity contribution in [1.82, 2.24) is 10.2 Å². The van der Waals surface area contributed by atoms with Gasteiger partial charge in [-0.15, -0.1) is 0 Å². The Morgan fingerprint density at radius 2 is 1.71 bits per heavy atom. The zero-order valence-corrected chi connectivity index (χ0v) is 20.3. The molecular weight excluding hydrogens is 448 g/mol. The summed E-state index contributed by atoms with van der Waals surface area (Å²) in [4.78, 5) is 38.5. The molecule has 8 heteroatoms. The first-order valence-electron chi connectivity index (χ1n) is 11.9. The first kappa shape index (κ1) is 24.7. The Morgan fingerprint density at radius 1 is 1.11 bits per heavy atom. The van der Waals surface area contributed by atoms with Crippen molar-refractivity contribution in [2.24, 2.45) is 0 Å². The summed E-state index contributed by atoms with van der Waals surface area (Å²) >= 11 is 0. The molecule has 8 nitrogen and oxygen atoms in total. The minimum atomic E-state index is -1.23. The number of aliphatic carboxylic acids is 1. The number of carbonyl (C=O) groups is 3. The van der Waals surface area contributed by atoms with Crippen LogP contribution in [0.25, 0.3) is 11.1 Å². The highest BCUT2D eigenvalue weighted by Crippen LogP contribution is 2.44. The van der Waals surface area contributed by atoms with E-state index in [-0.39, 0.29) is 24.2 Å². The molecule has 2 unspecified atom stereocenters. The number of benzene rings is 2. The molecule has 35 heavy (non-hydrogen) atoms. The molecular formula is C27H32N2O6. The van der Waals surface area contributed by atoms with Crippen molar-refractivity contribution in [2.45, 2.75) is 56.8 Å². The van der Waals surface area contributed by atoms with E-state index in [1.807, 2.05) is 62.4 Å². The highest BCUT2D eigenvalue weighted by molar-refractivity contribution is 5.89. The molecule has 1 aliphatic carbocycles. The number of hydrogen-bond donors (Lipinski definition) is 2. The average molecular weight is 481 g/mol. The molecule has 0 saturated carbocycles. The third-order valence-corrected chi connectivity index (χ3v) is 6.72. The van der Waals surface area contributed by atoms with Gasteiger partial charge in [0.05, 0.1) is 18.1 Å². The van der Waals surface area contributed by atoms with Crippen LogP contribution in [0.4, 0.5) is 4.79 Å². The van der Waals surface area contributed by atoms with Crippen LogP contribution >= 0.6 is 0 Å². The number of hydrogen-bond acceptors (Lipinski definition) is 5. The van der Waals surface area contributed by atoms with Crippen molar-refractivity contribution in [2.75, 3.05) is 20.2 Å². The molecule has 0 aromatic heterocycles. The van der Waals surface area contributed by atoms with Crippen molar-refractivity contribution in [3.05, 3.63) is 59.7 Å². The minimum Gasteiger partial charge on any atom is -0.481 e. The molecule has 4 rings (SSSR count). The van der Waals surface area contributed by atoms with E-state index < -0.39 is 30.4 Å². The number of carboxylic acids is 1. The second kappa shape index (κ2) is 10.1. The molecule has 2 atom stereocenters. The lowest BCUT2D eigenvalue weighted by Crippen LogP contribution is -2.50. The molecule has 1 saturated heterocycles. The van der Waals surface area contributed by atoms with Gasteiger partial charge >= 0.3 is 12.1 Å². The molecule has 2 amide bonds. The van der Waals surface area contributed by atoms with Gasteiger partial charge in [0.15, 0.2) is 0 Å². The van der Waals surface area contributed by atoms with Crippen LogP contribution < -0.4 is 5.32 Å². The van der Waals surface area contributed by atoms with Gasteiger partial charge in [-0.3, -0.25) is 9.59 Å². The quantitative estimate of drug-likeness (QED) is 0.596. The molecule has 1 fully saturated rings. The van der Waals surface area contributed by atoms with E-state index >= 15 is 0 Å². The van der Waals surface area contributed by atoms with Gasteiger partial charge in [-0.2, -0.15) is 0 Å². The molecule has 2 aromatic rings. The van der Waals surface area contributed by atoms with Gasteiger partial charge in [0.25, 0.3) is 0 Å². The Balaban J connectivity index is 1.38. The second-order valence-electron chi connectivity index (χ2n) is 9.88. The lowest BCUT2D eigenvalue weighted by atomic mass is 9.98. The van der Waals surface area contributed by atoms with E-state index in [4.69, 9.17) is 9.47 Å². The van der Waals surface area contributed by atoms with Crippen LogP contribution in [0.1, 0.15) is 50.2 Å². The zero-order valence-electron chi connectivity index (χ0n) is 20.3. The predicted octanol–water partition coefficient (Wildman–Crippen LogP) is 3.78. The molecule has 2 N–H and O–H groups in total. The lowest BCUT2D eigenvalue weighted by Gasteiger charge is -2.27. The Morgan fingerprint density at radius 3 is 2.26 bits per heavy atom. The van der Waals surface area contributed by atoms with Gasteiger partial charge in [-0.05, 0) is 48.9 Å². The van der Waals surface area contributed by atoms with E-state index in [0.29, 0.717) is 6.54 Å². The number of likely N-dealkylation sites (N-methyl/N-ethyl adjacent to an activating group) is 1. The number of ether oxygens (including phenoxy) is 2. The fraction of sp³-hybridized carbons (Fsp3) is 0.444. The van der Waals surface area contributed by atoms with Gasteiger partial charge in [0, 0.05) is 19.5 Å². The van der Waals surface area contributed by atoms with Crippen molar-refractivity contribution in [3.8, 4) is 11.1 Å². The van der Waals surface area contributed by atoms with Crippen LogP contribution in [0.3, 0.4) is 0 Å². The number of alkyl carbamates (subject to hydrolysis) is 1. The summed E-state index contributed by atoms with van der Waals surface area (Å²) in [6.07, 6.45) is 0.214. The monoisotopic (exact) mass is 480 g/mol. The van der Waals surface area contributed by atoms with Crippen molar-refractivity contribution < 1.29 is 29.0 Å². The Hall–Kier alpha value is -3.39. The van der Waals surface area contributed by atoms with E-state index in [1.54, 1.807) is 7.05 Å². The SMILES string of the molecule is CN(CC1CCC(C)(C)O1)C(=O)C(CC(=O)O)NC(=O)OCC1c2ccccc2-c2ccccc21. The third-order valence-electron chi connectivity index (χ3n) is 6.72. The number of amides is 2. The largest absolute Gasteiger partial charge is 0.481 e. The summed E-state index contributed by atoms with van der Waals surface area (Å²) in [7, 11) is 1.59. The average Bonchev–Trinajstić information content (AvgIpc) is 3.32. The Bertz CT molecular complexity index is 1070. The number of fused-ring (bicyclic) bond motifs is 3. The highest BCUT2D eigenvalue weighted by Gasteiger charge is 2.35. The summed E-state index contributed by atoms with van der Waals surface area (Å²) in [6.45, 7) is 4.40. The van der Waals surface area contributed by atoms with Gasteiger partial charge in [-0.1, -0.05) is 48.5 Å². The minimum absolute atomic E-state index is 0.0781. The maximum atomic E-state index is 13.0. The lowest BCUT2D eigenvalue weighted by molar-refractivity contribution is -0.142. The first-order valence-corrected chi connectivity index (χ1v) is 11.9. The molecule has 1 aliphatic heterocycles. The number of nitrogens with one attached hydrogen (secondary N) is 1. The van der Waals surface area contributed by atoms with Crippen LogP contribution in [0.2, 0.25) is 0 Å². The van der Waals surface area contributed by atoms with E-state index in [0.717, 1.165) is 35.1 Å². The summed E-state index contributed by atoms with van der Waals surface area (Å²) in [6, 6.07) is 14.7. The van der Waals surface area contributed by atoms with Crippen molar-refractivity contribution >= 4 is 18.0 Å². The third kappa shape index (κ3) is 5.65. The number of nitrogens with zero attached hydrogens (tertiary/aromatic N) is 1. The number of rotatable bonds is 8. The molecule has 186 valence electrons. The summed E-state index contributed by atoms with van der Waals surface area (Å²) in [5.74, 6) is -1.81. The standard InChI is InChI=1S/C27H32N2O6/c1-27(2)13-12-17(35-27)15-29(3)25(32)23(14-24(30)31)28-26(33)34-16-22-20-10-6-4-8-18(20)19-9-5-7-11-21(19)22/h4-11,17,22-23H,12-16H2,1-3H3,(H,28,33)(H,30,31). The fourth-order valence-electron chi connectivity index (χ4n) is 5.02. The van der Waals surface area contributed by atoms with Crippen LogP contribution in [0, 0.1) is 0 Å². The maximum absolute atomic E-state index is 13.0. The highest BCUT2D eigenvalue weighted by atomic mass is 16.5. The Labute approximate surface area is 205 Å². The van der Waals surface area contributed by atoms with Crippen LogP contribution in [-0.2, 0) is 19.1 Å². The molecule has 1 heterocycles. The summed E-state index contributed by atoms with van der Waals surface area (Å²) < 4.78 is 11.4. The maximum Gasteiger partial charge on any atom is 0.407 e. The smallest absolute Gasteiger partial charge is 0.407 e. The van der Waals surface area contributed by atoms with E-state index in [1.165, 1.54) is 4.90 Å².